The summed E-state index contributed by atoms with van der Waals surface area (Å²) in [5, 5.41) is 12.5. The SMILES string of the molecule is CCS(=O)(=O)Cc1c(C(=O)O)cnn1C. The zero-order valence-electron chi connectivity index (χ0n) is 8.47. The van der Waals surface area contributed by atoms with Crippen molar-refractivity contribution in [3.05, 3.63) is 17.5 Å². The highest BCUT2D eigenvalue weighted by Gasteiger charge is 2.20. The molecule has 0 aliphatic carbocycles. The van der Waals surface area contributed by atoms with Gasteiger partial charge in [0.05, 0.1) is 17.6 Å². The Morgan fingerprint density at radius 3 is 2.67 bits per heavy atom. The van der Waals surface area contributed by atoms with Crippen molar-refractivity contribution in [1.29, 1.82) is 0 Å². The largest absolute Gasteiger partial charge is 0.478 e. The average Bonchev–Trinajstić information content (AvgIpc) is 2.48. The molecule has 15 heavy (non-hydrogen) atoms. The van der Waals surface area contributed by atoms with Gasteiger partial charge >= 0.3 is 5.97 Å². The third-order valence-corrected chi connectivity index (χ3v) is 3.68. The van der Waals surface area contributed by atoms with E-state index in [2.05, 4.69) is 5.10 Å². The van der Waals surface area contributed by atoms with Crippen LogP contribution in [-0.2, 0) is 22.6 Å². The molecule has 1 aromatic heterocycles. The minimum absolute atomic E-state index is 0.0166. The Bertz CT molecular complexity index is 475. The minimum Gasteiger partial charge on any atom is -0.478 e. The van der Waals surface area contributed by atoms with E-state index in [1.54, 1.807) is 0 Å². The third kappa shape index (κ3) is 2.56. The van der Waals surface area contributed by atoms with Gasteiger partial charge < -0.3 is 5.11 Å². The number of carboxylic acid groups (broad SMARTS) is 1. The molecule has 0 fully saturated rings. The van der Waals surface area contributed by atoms with Gasteiger partial charge in [-0.25, -0.2) is 13.2 Å². The first-order valence-electron chi connectivity index (χ1n) is 4.32. The predicted octanol–water partition coefficient (Wildman–Crippen LogP) is 0.0530. The molecule has 0 aliphatic rings. The molecular weight excluding hydrogens is 220 g/mol. The van der Waals surface area contributed by atoms with Gasteiger partial charge in [-0.1, -0.05) is 6.92 Å². The maximum atomic E-state index is 11.4. The van der Waals surface area contributed by atoms with Crippen LogP contribution in [0.2, 0.25) is 0 Å². The maximum absolute atomic E-state index is 11.4. The molecule has 6 nitrogen and oxygen atoms in total. The number of sulfone groups is 1. The molecule has 0 aromatic carbocycles. The molecule has 1 rings (SSSR count). The average molecular weight is 232 g/mol. The monoisotopic (exact) mass is 232 g/mol. The van der Waals surface area contributed by atoms with Crippen molar-refractivity contribution in [3.63, 3.8) is 0 Å². The van der Waals surface area contributed by atoms with Gasteiger partial charge in [-0.3, -0.25) is 4.68 Å². The van der Waals surface area contributed by atoms with Crippen molar-refractivity contribution in [1.82, 2.24) is 9.78 Å². The molecule has 1 N–H and O–H groups in total. The number of rotatable bonds is 4. The summed E-state index contributed by atoms with van der Waals surface area (Å²) >= 11 is 0. The van der Waals surface area contributed by atoms with Gasteiger partial charge in [-0.15, -0.1) is 0 Å². The Morgan fingerprint density at radius 2 is 2.20 bits per heavy atom. The fourth-order valence-electron chi connectivity index (χ4n) is 1.12. The highest BCUT2D eigenvalue weighted by atomic mass is 32.2. The van der Waals surface area contributed by atoms with Crippen LogP contribution in [0.1, 0.15) is 23.0 Å². The summed E-state index contributed by atoms with van der Waals surface area (Å²) in [4.78, 5) is 10.8. The normalized spacial score (nSPS) is 11.6. The topological polar surface area (TPSA) is 89.3 Å². The van der Waals surface area contributed by atoms with Crippen LogP contribution in [0, 0.1) is 0 Å². The first kappa shape index (κ1) is 11.7. The minimum atomic E-state index is -3.25. The molecule has 0 unspecified atom stereocenters. The van der Waals surface area contributed by atoms with E-state index in [4.69, 9.17) is 5.11 Å². The van der Waals surface area contributed by atoms with Crippen LogP contribution in [0.5, 0.6) is 0 Å². The van der Waals surface area contributed by atoms with Crippen LogP contribution in [0.3, 0.4) is 0 Å². The molecule has 0 saturated carbocycles. The number of carbonyl (C=O) groups is 1. The number of carboxylic acids is 1. The van der Waals surface area contributed by atoms with Crippen LogP contribution in [0.4, 0.5) is 0 Å². The van der Waals surface area contributed by atoms with E-state index in [0.29, 0.717) is 0 Å². The van der Waals surface area contributed by atoms with Gasteiger partial charge in [-0.05, 0) is 0 Å². The Kier molecular flexibility index (Phi) is 3.13. The molecule has 0 spiro atoms. The zero-order chi connectivity index (χ0) is 11.6. The van der Waals surface area contributed by atoms with Crippen LogP contribution in [-0.4, -0.2) is 35.0 Å². The standard InChI is InChI=1S/C8H12N2O4S/c1-3-15(13,14)5-7-6(8(11)12)4-9-10(7)2/h4H,3,5H2,1-2H3,(H,11,12). The lowest BCUT2D eigenvalue weighted by molar-refractivity contribution is 0.0696. The lowest BCUT2D eigenvalue weighted by Crippen LogP contribution is -2.13. The quantitative estimate of drug-likeness (QED) is 0.792. The molecule has 0 saturated heterocycles. The summed E-state index contributed by atoms with van der Waals surface area (Å²) in [6, 6.07) is 0. The highest BCUT2D eigenvalue weighted by molar-refractivity contribution is 7.90. The van der Waals surface area contributed by atoms with Gasteiger partial charge in [0, 0.05) is 12.8 Å². The van der Waals surface area contributed by atoms with Crippen molar-refractivity contribution in [2.45, 2.75) is 12.7 Å². The lowest BCUT2D eigenvalue weighted by atomic mass is 10.3. The number of aromatic carboxylic acids is 1. The molecule has 84 valence electrons. The van der Waals surface area contributed by atoms with E-state index in [0.717, 1.165) is 6.20 Å². The van der Waals surface area contributed by atoms with Crippen molar-refractivity contribution >= 4 is 15.8 Å². The van der Waals surface area contributed by atoms with Crippen LogP contribution >= 0.6 is 0 Å². The number of hydrogen-bond acceptors (Lipinski definition) is 4. The molecule has 1 heterocycles. The fourth-order valence-corrected chi connectivity index (χ4v) is 2.09. The number of aromatic nitrogens is 2. The molecule has 0 aliphatic heterocycles. The summed E-state index contributed by atoms with van der Waals surface area (Å²) in [5.74, 6) is -1.47. The van der Waals surface area contributed by atoms with E-state index in [9.17, 15) is 13.2 Å². The van der Waals surface area contributed by atoms with Crippen molar-refractivity contribution in [2.24, 2.45) is 7.05 Å². The summed E-state index contributed by atoms with van der Waals surface area (Å²) < 4.78 is 24.0. The second kappa shape index (κ2) is 4.01. The maximum Gasteiger partial charge on any atom is 0.339 e. The molecule has 0 bridgehead atoms. The van der Waals surface area contributed by atoms with Crippen LogP contribution < -0.4 is 0 Å². The third-order valence-electron chi connectivity index (χ3n) is 2.09. The molecule has 1 aromatic rings. The number of nitrogens with zero attached hydrogens (tertiary/aromatic N) is 2. The Morgan fingerprint density at radius 1 is 1.60 bits per heavy atom. The van der Waals surface area contributed by atoms with Crippen molar-refractivity contribution < 1.29 is 18.3 Å². The lowest BCUT2D eigenvalue weighted by Gasteiger charge is -2.03. The summed E-state index contributed by atoms with van der Waals surface area (Å²) in [6.45, 7) is 1.52. The second-order valence-corrected chi connectivity index (χ2v) is 5.46. The summed E-state index contributed by atoms with van der Waals surface area (Å²) in [6.07, 6.45) is 1.16. The fraction of sp³-hybridized carbons (Fsp3) is 0.500. The number of aryl methyl sites for hydroxylation is 1. The molecule has 0 atom stereocenters. The Balaban J connectivity index is 3.14. The summed E-state index contributed by atoms with van der Waals surface area (Å²) in [7, 11) is -1.72. The molecule has 7 heteroatoms. The van der Waals surface area contributed by atoms with E-state index in [1.165, 1.54) is 18.7 Å². The zero-order valence-corrected chi connectivity index (χ0v) is 9.28. The first-order valence-corrected chi connectivity index (χ1v) is 6.14. The first-order chi connectivity index (χ1) is 6.87. The van der Waals surface area contributed by atoms with Crippen LogP contribution in [0.15, 0.2) is 6.20 Å². The Labute approximate surface area is 87.4 Å². The second-order valence-electron chi connectivity index (χ2n) is 3.11. The number of hydrogen-bond donors (Lipinski definition) is 1. The van der Waals surface area contributed by atoms with Gasteiger partial charge in [0.2, 0.25) is 0 Å². The van der Waals surface area contributed by atoms with Crippen molar-refractivity contribution in [3.8, 4) is 0 Å². The Hall–Kier alpha value is -1.37. The van der Waals surface area contributed by atoms with E-state index >= 15 is 0 Å². The van der Waals surface area contributed by atoms with Crippen molar-refractivity contribution in [2.75, 3.05) is 5.75 Å². The van der Waals surface area contributed by atoms with Gasteiger partial charge in [0.15, 0.2) is 9.84 Å². The van der Waals surface area contributed by atoms with Gasteiger partial charge in [0.1, 0.15) is 5.56 Å². The molecule has 0 amide bonds. The van der Waals surface area contributed by atoms with E-state index < -0.39 is 15.8 Å². The smallest absolute Gasteiger partial charge is 0.339 e. The highest BCUT2D eigenvalue weighted by Crippen LogP contribution is 2.12. The molecular formula is C8H12N2O4S. The van der Waals surface area contributed by atoms with Crippen LogP contribution in [0.25, 0.3) is 0 Å². The predicted molar refractivity (Wildman–Crippen MR) is 53.3 cm³/mol. The van der Waals surface area contributed by atoms with Gasteiger partial charge in [-0.2, -0.15) is 5.10 Å². The van der Waals surface area contributed by atoms with E-state index in [1.807, 2.05) is 0 Å². The van der Waals surface area contributed by atoms with Gasteiger partial charge in [0.25, 0.3) is 0 Å². The summed E-state index contributed by atoms with van der Waals surface area (Å²) in [5.41, 5.74) is 0.152. The molecule has 0 radical (unpaired) electrons. The van der Waals surface area contributed by atoms with E-state index in [-0.39, 0.29) is 22.8 Å².